The number of nitrogens with one attached hydrogen (secondary N) is 1. The number of benzene rings is 1. The van der Waals surface area contributed by atoms with E-state index in [1.807, 2.05) is 29.0 Å². The van der Waals surface area contributed by atoms with Crippen LogP contribution in [0.3, 0.4) is 0 Å². The van der Waals surface area contributed by atoms with Crippen LogP contribution in [0.2, 0.25) is 0 Å². The first-order valence-corrected chi connectivity index (χ1v) is 7.11. The van der Waals surface area contributed by atoms with Crippen LogP contribution >= 0.6 is 0 Å². The highest BCUT2D eigenvalue weighted by Crippen LogP contribution is 2.14. The minimum Gasteiger partial charge on any atom is -0.381 e. The van der Waals surface area contributed by atoms with Gasteiger partial charge in [0.1, 0.15) is 0 Å². The molecule has 0 unspecified atom stereocenters. The van der Waals surface area contributed by atoms with Crippen LogP contribution in [0.5, 0.6) is 0 Å². The average molecular weight is 280 g/mol. The molecule has 0 spiro atoms. The summed E-state index contributed by atoms with van der Waals surface area (Å²) in [6.07, 6.45) is 3.89. The molecule has 2 heterocycles. The SMILES string of the molecule is CN(C)Cc1ccc(NCc2cnn3ccccc23)cc1. The minimum atomic E-state index is 0.778. The molecule has 2 aromatic heterocycles. The zero-order chi connectivity index (χ0) is 14.7. The lowest BCUT2D eigenvalue weighted by Crippen LogP contribution is -2.10. The van der Waals surface area contributed by atoms with Gasteiger partial charge in [0.25, 0.3) is 0 Å². The summed E-state index contributed by atoms with van der Waals surface area (Å²) in [6.45, 7) is 1.74. The third-order valence-corrected chi connectivity index (χ3v) is 3.44. The molecular formula is C17H20N4. The maximum atomic E-state index is 4.35. The third-order valence-electron chi connectivity index (χ3n) is 3.44. The van der Waals surface area contributed by atoms with Crippen molar-refractivity contribution in [3.63, 3.8) is 0 Å². The van der Waals surface area contributed by atoms with E-state index in [0.717, 1.165) is 24.3 Å². The molecule has 0 bridgehead atoms. The molecule has 0 saturated carbocycles. The van der Waals surface area contributed by atoms with Gasteiger partial charge in [0.2, 0.25) is 0 Å². The van der Waals surface area contributed by atoms with E-state index >= 15 is 0 Å². The van der Waals surface area contributed by atoms with Crippen LogP contribution in [0.1, 0.15) is 11.1 Å². The smallest absolute Gasteiger partial charge is 0.0711 e. The number of pyridine rings is 1. The highest BCUT2D eigenvalue weighted by Gasteiger charge is 2.03. The van der Waals surface area contributed by atoms with Crippen LogP contribution in [0.4, 0.5) is 5.69 Å². The molecule has 0 atom stereocenters. The first kappa shape index (κ1) is 13.6. The molecule has 108 valence electrons. The van der Waals surface area contributed by atoms with Crippen molar-refractivity contribution in [3.8, 4) is 0 Å². The van der Waals surface area contributed by atoms with E-state index in [-0.39, 0.29) is 0 Å². The summed E-state index contributed by atoms with van der Waals surface area (Å²) in [5.74, 6) is 0. The fourth-order valence-electron chi connectivity index (χ4n) is 2.41. The van der Waals surface area contributed by atoms with Gasteiger partial charge in [-0.25, -0.2) is 4.52 Å². The summed E-state index contributed by atoms with van der Waals surface area (Å²) in [4.78, 5) is 2.17. The van der Waals surface area contributed by atoms with Gasteiger partial charge in [-0.15, -0.1) is 0 Å². The van der Waals surface area contributed by atoms with Crippen molar-refractivity contribution in [1.82, 2.24) is 14.5 Å². The molecule has 1 aromatic carbocycles. The lowest BCUT2D eigenvalue weighted by Gasteiger charge is -2.11. The second-order valence-corrected chi connectivity index (χ2v) is 5.49. The second kappa shape index (κ2) is 5.97. The first-order chi connectivity index (χ1) is 10.2. The fourth-order valence-corrected chi connectivity index (χ4v) is 2.41. The van der Waals surface area contributed by atoms with E-state index < -0.39 is 0 Å². The first-order valence-electron chi connectivity index (χ1n) is 7.11. The molecule has 4 nitrogen and oxygen atoms in total. The van der Waals surface area contributed by atoms with Gasteiger partial charge in [0, 0.05) is 30.5 Å². The van der Waals surface area contributed by atoms with E-state index in [9.17, 15) is 0 Å². The van der Waals surface area contributed by atoms with Crippen molar-refractivity contribution >= 4 is 11.2 Å². The molecule has 0 aliphatic rings. The number of anilines is 1. The van der Waals surface area contributed by atoms with Crippen molar-refractivity contribution < 1.29 is 0 Å². The van der Waals surface area contributed by atoms with Gasteiger partial charge >= 0.3 is 0 Å². The van der Waals surface area contributed by atoms with E-state index in [0.29, 0.717) is 0 Å². The van der Waals surface area contributed by atoms with Gasteiger partial charge in [-0.05, 0) is 43.9 Å². The van der Waals surface area contributed by atoms with Crippen molar-refractivity contribution in [2.24, 2.45) is 0 Å². The second-order valence-electron chi connectivity index (χ2n) is 5.49. The zero-order valence-corrected chi connectivity index (χ0v) is 12.5. The summed E-state index contributed by atoms with van der Waals surface area (Å²) in [5, 5.41) is 7.80. The molecule has 1 N–H and O–H groups in total. The molecular weight excluding hydrogens is 260 g/mol. The molecule has 4 heteroatoms. The van der Waals surface area contributed by atoms with Crippen LogP contribution < -0.4 is 5.32 Å². The van der Waals surface area contributed by atoms with Gasteiger partial charge < -0.3 is 10.2 Å². The van der Waals surface area contributed by atoms with Crippen LogP contribution in [0, 0.1) is 0 Å². The molecule has 0 saturated heterocycles. The molecule has 0 aliphatic carbocycles. The summed E-state index contributed by atoms with van der Waals surface area (Å²) < 4.78 is 1.90. The number of fused-ring (bicyclic) bond motifs is 1. The summed E-state index contributed by atoms with van der Waals surface area (Å²) >= 11 is 0. The summed E-state index contributed by atoms with van der Waals surface area (Å²) in [7, 11) is 4.16. The number of aromatic nitrogens is 2. The third kappa shape index (κ3) is 3.23. The monoisotopic (exact) mass is 280 g/mol. The van der Waals surface area contributed by atoms with E-state index in [4.69, 9.17) is 0 Å². The number of hydrogen-bond donors (Lipinski definition) is 1. The Bertz CT molecular complexity index is 713. The average Bonchev–Trinajstić information content (AvgIpc) is 2.89. The quantitative estimate of drug-likeness (QED) is 0.780. The highest BCUT2D eigenvalue weighted by molar-refractivity contribution is 5.55. The van der Waals surface area contributed by atoms with E-state index in [1.165, 1.54) is 11.1 Å². The summed E-state index contributed by atoms with van der Waals surface area (Å²) in [6, 6.07) is 14.7. The maximum absolute atomic E-state index is 4.35. The minimum absolute atomic E-state index is 0.778. The molecule has 0 aliphatic heterocycles. The van der Waals surface area contributed by atoms with Crippen molar-refractivity contribution in [1.29, 1.82) is 0 Å². The Kier molecular flexibility index (Phi) is 3.88. The molecule has 3 rings (SSSR count). The molecule has 3 aromatic rings. The van der Waals surface area contributed by atoms with Crippen LogP contribution in [0.25, 0.3) is 5.52 Å². The molecule has 0 radical (unpaired) electrons. The summed E-state index contributed by atoms with van der Waals surface area (Å²) in [5.41, 5.74) is 4.80. The van der Waals surface area contributed by atoms with Gasteiger partial charge in [-0.1, -0.05) is 18.2 Å². The van der Waals surface area contributed by atoms with Crippen LogP contribution in [0.15, 0.2) is 54.9 Å². The van der Waals surface area contributed by atoms with Gasteiger partial charge in [-0.3, -0.25) is 0 Å². The lowest BCUT2D eigenvalue weighted by atomic mass is 10.2. The Balaban J connectivity index is 1.67. The predicted octanol–water partition coefficient (Wildman–Crippen LogP) is 3.01. The topological polar surface area (TPSA) is 32.6 Å². The van der Waals surface area contributed by atoms with Gasteiger partial charge in [0.05, 0.1) is 11.7 Å². The lowest BCUT2D eigenvalue weighted by molar-refractivity contribution is 0.402. The number of nitrogens with zero attached hydrogens (tertiary/aromatic N) is 3. The fraction of sp³-hybridized carbons (Fsp3) is 0.235. The Labute approximate surface area is 125 Å². The zero-order valence-electron chi connectivity index (χ0n) is 12.5. The van der Waals surface area contributed by atoms with Gasteiger partial charge in [0.15, 0.2) is 0 Å². The van der Waals surface area contributed by atoms with Gasteiger partial charge in [-0.2, -0.15) is 5.10 Å². The Morgan fingerprint density at radius 1 is 1.10 bits per heavy atom. The Morgan fingerprint density at radius 2 is 1.90 bits per heavy atom. The standard InChI is InChI=1S/C17H20N4/c1-20(2)13-14-6-8-16(9-7-14)18-11-15-12-19-21-10-4-3-5-17(15)21/h3-10,12,18H,11,13H2,1-2H3. The largest absolute Gasteiger partial charge is 0.381 e. The van der Waals surface area contributed by atoms with E-state index in [1.54, 1.807) is 0 Å². The van der Waals surface area contributed by atoms with Crippen LogP contribution in [-0.4, -0.2) is 28.6 Å². The highest BCUT2D eigenvalue weighted by atomic mass is 15.2. The Hall–Kier alpha value is -2.33. The van der Waals surface area contributed by atoms with Crippen molar-refractivity contribution in [2.45, 2.75) is 13.1 Å². The molecule has 21 heavy (non-hydrogen) atoms. The van der Waals surface area contributed by atoms with Crippen molar-refractivity contribution in [3.05, 3.63) is 66.0 Å². The van der Waals surface area contributed by atoms with Crippen LogP contribution in [-0.2, 0) is 13.1 Å². The normalized spacial score (nSPS) is 11.2. The maximum Gasteiger partial charge on any atom is 0.0711 e. The van der Waals surface area contributed by atoms with E-state index in [2.05, 4.69) is 59.7 Å². The predicted molar refractivity (Wildman–Crippen MR) is 86.4 cm³/mol. The molecule has 0 fully saturated rings. The molecule has 0 amide bonds. The number of rotatable bonds is 5. The van der Waals surface area contributed by atoms with Crippen molar-refractivity contribution in [2.75, 3.05) is 19.4 Å². The Morgan fingerprint density at radius 3 is 2.67 bits per heavy atom. The number of hydrogen-bond acceptors (Lipinski definition) is 3.